The van der Waals surface area contributed by atoms with Crippen LogP contribution in [0, 0.1) is 0 Å². The van der Waals surface area contributed by atoms with E-state index in [9.17, 15) is 14.4 Å². The SMILES string of the molecule is CC(=O)OC[C@H]1O[C@@H](n2c(Br)nc3c(Cl)cc(Cl)cc32)[C@H](OC(C)=O)[C@@H]1OC(C)=O. The van der Waals surface area contributed by atoms with Crippen LogP contribution in [0.25, 0.3) is 11.0 Å². The van der Waals surface area contributed by atoms with Crippen molar-refractivity contribution < 1.29 is 33.3 Å². The van der Waals surface area contributed by atoms with E-state index in [0.29, 0.717) is 25.8 Å². The molecule has 0 radical (unpaired) electrons. The number of benzene rings is 1. The lowest BCUT2D eigenvalue weighted by Crippen LogP contribution is -2.40. The molecule has 9 nitrogen and oxygen atoms in total. The number of hydrogen-bond donors (Lipinski definition) is 0. The Morgan fingerprint density at radius 3 is 2.33 bits per heavy atom. The molecule has 1 fully saturated rings. The minimum absolute atomic E-state index is 0.215. The zero-order valence-electron chi connectivity index (χ0n) is 16.1. The minimum atomic E-state index is -1.06. The molecular formula is C18H17BrCl2N2O7. The zero-order valence-corrected chi connectivity index (χ0v) is 19.2. The monoisotopic (exact) mass is 522 g/mol. The summed E-state index contributed by atoms with van der Waals surface area (Å²) in [7, 11) is 0. The van der Waals surface area contributed by atoms with E-state index < -0.39 is 42.4 Å². The first kappa shape index (κ1) is 22.8. The number of ether oxygens (including phenoxy) is 4. The average molecular weight is 524 g/mol. The van der Waals surface area contributed by atoms with E-state index in [1.807, 2.05) is 0 Å². The van der Waals surface area contributed by atoms with Gasteiger partial charge < -0.3 is 18.9 Å². The maximum absolute atomic E-state index is 11.8. The van der Waals surface area contributed by atoms with Crippen molar-refractivity contribution in [3.63, 3.8) is 0 Å². The first-order valence-corrected chi connectivity index (χ1v) is 10.3. The van der Waals surface area contributed by atoms with Crippen molar-refractivity contribution in [3.8, 4) is 0 Å². The van der Waals surface area contributed by atoms with Crippen LogP contribution in [0.15, 0.2) is 16.9 Å². The number of nitrogens with zero attached hydrogens (tertiary/aromatic N) is 2. The molecule has 1 aromatic carbocycles. The molecule has 1 aromatic heterocycles. The number of carbonyl (C=O) groups is 3. The number of halogens is 3. The van der Waals surface area contributed by atoms with Gasteiger partial charge in [0, 0.05) is 25.8 Å². The topological polar surface area (TPSA) is 106 Å². The summed E-state index contributed by atoms with van der Waals surface area (Å²) in [4.78, 5) is 39.1. The molecule has 3 rings (SSSR count). The molecule has 0 saturated carbocycles. The summed E-state index contributed by atoms with van der Waals surface area (Å²) in [5.41, 5.74) is 0.932. The van der Waals surface area contributed by atoms with Crippen LogP contribution < -0.4 is 0 Å². The van der Waals surface area contributed by atoms with Gasteiger partial charge in [-0.25, -0.2) is 4.98 Å². The van der Waals surface area contributed by atoms with E-state index >= 15 is 0 Å². The highest BCUT2D eigenvalue weighted by molar-refractivity contribution is 9.10. The van der Waals surface area contributed by atoms with Gasteiger partial charge in [-0.15, -0.1) is 0 Å². The van der Waals surface area contributed by atoms with Gasteiger partial charge in [0.2, 0.25) is 0 Å². The number of rotatable bonds is 5. The molecular weight excluding hydrogens is 507 g/mol. The predicted molar refractivity (Wildman–Crippen MR) is 109 cm³/mol. The van der Waals surface area contributed by atoms with Gasteiger partial charge in [-0.1, -0.05) is 23.2 Å². The molecule has 1 aliphatic rings. The van der Waals surface area contributed by atoms with Gasteiger partial charge >= 0.3 is 17.9 Å². The number of esters is 3. The van der Waals surface area contributed by atoms with E-state index in [0.717, 1.165) is 0 Å². The van der Waals surface area contributed by atoms with E-state index in [4.69, 9.17) is 42.1 Å². The number of hydrogen-bond acceptors (Lipinski definition) is 8. The highest BCUT2D eigenvalue weighted by Crippen LogP contribution is 2.40. The normalized spacial score (nSPS) is 23.4. The van der Waals surface area contributed by atoms with E-state index in [1.165, 1.54) is 20.8 Å². The van der Waals surface area contributed by atoms with Gasteiger partial charge in [0.1, 0.15) is 18.2 Å². The summed E-state index contributed by atoms with van der Waals surface area (Å²) >= 11 is 15.8. The van der Waals surface area contributed by atoms with Crippen LogP contribution in [0.2, 0.25) is 10.0 Å². The van der Waals surface area contributed by atoms with Gasteiger partial charge in [-0.2, -0.15) is 0 Å². The Bertz CT molecular complexity index is 1010. The third-order valence-corrected chi connectivity index (χ3v) is 5.33. The molecule has 162 valence electrons. The lowest BCUT2D eigenvalue weighted by atomic mass is 10.1. The van der Waals surface area contributed by atoms with Crippen LogP contribution in [0.4, 0.5) is 0 Å². The van der Waals surface area contributed by atoms with Crippen LogP contribution in [-0.2, 0) is 33.3 Å². The zero-order chi connectivity index (χ0) is 22.2. The highest BCUT2D eigenvalue weighted by Gasteiger charge is 2.51. The standard InChI is InChI=1S/C18H17BrCl2N2O7/c1-7(24)27-6-13-15(28-8(2)25)16(29-9(3)26)17(30-13)23-12-5-10(20)4-11(21)14(12)22-18(23)19/h4-5,13,15-17H,6H2,1-3H3/t13-,15-,16-,17-/m1/s1. The van der Waals surface area contributed by atoms with Crippen molar-refractivity contribution in [3.05, 3.63) is 26.9 Å². The molecule has 0 amide bonds. The number of aromatic nitrogens is 2. The largest absolute Gasteiger partial charge is 0.463 e. The molecule has 30 heavy (non-hydrogen) atoms. The van der Waals surface area contributed by atoms with Crippen molar-refractivity contribution in [2.24, 2.45) is 0 Å². The molecule has 0 unspecified atom stereocenters. The molecule has 2 aromatic rings. The Morgan fingerprint density at radius 1 is 1.10 bits per heavy atom. The fraction of sp³-hybridized carbons (Fsp3) is 0.444. The van der Waals surface area contributed by atoms with Crippen molar-refractivity contribution in [1.29, 1.82) is 0 Å². The maximum Gasteiger partial charge on any atom is 0.303 e. The Morgan fingerprint density at radius 2 is 1.73 bits per heavy atom. The van der Waals surface area contributed by atoms with Crippen LogP contribution in [0.3, 0.4) is 0 Å². The van der Waals surface area contributed by atoms with Gasteiger partial charge in [0.25, 0.3) is 0 Å². The second-order valence-corrected chi connectivity index (χ2v) is 8.07. The van der Waals surface area contributed by atoms with Gasteiger partial charge in [-0.3, -0.25) is 19.0 Å². The smallest absolute Gasteiger partial charge is 0.303 e. The van der Waals surface area contributed by atoms with Crippen LogP contribution in [-0.4, -0.2) is 52.4 Å². The second kappa shape index (κ2) is 9.09. The van der Waals surface area contributed by atoms with Crippen LogP contribution in [0.1, 0.15) is 27.0 Å². The van der Waals surface area contributed by atoms with Crippen molar-refractivity contribution in [2.45, 2.75) is 45.3 Å². The summed E-state index contributed by atoms with van der Waals surface area (Å²) in [6.45, 7) is 3.45. The van der Waals surface area contributed by atoms with Crippen LogP contribution in [0.5, 0.6) is 0 Å². The van der Waals surface area contributed by atoms with E-state index in [-0.39, 0.29) is 6.61 Å². The Kier molecular flexibility index (Phi) is 6.91. The number of fused-ring (bicyclic) bond motifs is 1. The third-order valence-electron chi connectivity index (χ3n) is 4.27. The highest BCUT2D eigenvalue weighted by atomic mass is 79.9. The summed E-state index contributed by atoms with van der Waals surface area (Å²) < 4.78 is 23.8. The van der Waals surface area contributed by atoms with E-state index in [2.05, 4.69) is 20.9 Å². The lowest BCUT2D eigenvalue weighted by Gasteiger charge is -2.24. The summed E-state index contributed by atoms with van der Waals surface area (Å²) in [6, 6.07) is 3.16. The molecule has 0 spiro atoms. The Hall–Kier alpha value is -1.88. The van der Waals surface area contributed by atoms with Gasteiger partial charge in [0.15, 0.2) is 23.2 Å². The van der Waals surface area contributed by atoms with Gasteiger partial charge in [-0.05, 0) is 28.1 Å². The van der Waals surface area contributed by atoms with Crippen molar-refractivity contribution >= 4 is 68.1 Å². The molecule has 1 saturated heterocycles. The lowest BCUT2D eigenvalue weighted by molar-refractivity contribution is -0.166. The van der Waals surface area contributed by atoms with E-state index in [1.54, 1.807) is 16.7 Å². The fourth-order valence-electron chi connectivity index (χ4n) is 3.23. The summed E-state index contributed by atoms with van der Waals surface area (Å²) in [5.74, 6) is -1.77. The molecule has 0 aliphatic carbocycles. The summed E-state index contributed by atoms with van der Waals surface area (Å²) in [5, 5.41) is 0.670. The van der Waals surface area contributed by atoms with Crippen LogP contribution >= 0.6 is 39.1 Å². The molecule has 2 heterocycles. The molecule has 1 aliphatic heterocycles. The molecule has 0 N–H and O–H groups in total. The maximum atomic E-state index is 11.8. The average Bonchev–Trinajstić information content (AvgIpc) is 3.10. The Labute approximate surface area is 189 Å². The molecule has 12 heteroatoms. The van der Waals surface area contributed by atoms with Crippen molar-refractivity contribution in [2.75, 3.05) is 6.61 Å². The first-order valence-electron chi connectivity index (χ1n) is 8.74. The minimum Gasteiger partial charge on any atom is -0.463 e. The first-order chi connectivity index (χ1) is 14.1. The predicted octanol–water partition coefficient (Wildman–Crippen LogP) is 3.43. The molecule has 0 bridgehead atoms. The number of carbonyl (C=O) groups excluding carboxylic acids is 3. The molecule has 4 atom stereocenters. The quantitative estimate of drug-likeness (QED) is 0.433. The summed E-state index contributed by atoms with van der Waals surface area (Å²) in [6.07, 6.45) is -3.97. The second-order valence-electron chi connectivity index (χ2n) is 6.52. The Balaban J connectivity index is 2.10. The van der Waals surface area contributed by atoms with Crippen molar-refractivity contribution in [1.82, 2.24) is 9.55 Å². The number of imidazole rings is 1. The fourth-order valence-corrected chi connectivity index (χ4v) is 4.33. The van der Waals surface area contributed by atoms with Gasteiger partial charge in [0.05, 0.1) is 10.5 Å². The third kappa shape index (κ3) is 4.72.